The highest BCUT2D eigenvalue weighted by molar-refractivity contribution is 5.86. The Kier molecular flexibility index (Phi) is 26.7. The summed E-state index contributed by atoms with van der Waals surface area (Å²) in [4.78, 5) is 36.8. The summed E-state index contributed by atoms with van der Waals surface area (Å²) in [5.74, 6) is -0.333. The number of hydrogen-bond donors (Lipinski definition) is 3. The molecule has 0 heterocycles. The largest absolute Gasteiger partial charge is 0.462 e. The van der Waals surface area contributed by atoms with Crippen molar-refractivity contribution in [1.82, 2.24) is 0 Å². The van der Waals surface area contributed by atoms with Crippen LogP contribution in [0.3, 0.4) is 0 Å². The molecule has 0 amide bonds. The zero-order chi connectivity index (χ0) is 35.4. The molecule has 1 saturated carbocycles. The molecule has 0 spiro atoms. The SMILES string of the molecule is CCCCC[C@H](O)/C=C/[C@H]1C(=O)C[C@H](O)[C@@H]1CCCCCCC(=O)O[C@@H](CO)COC(=O)CCCCCCCCCCCCC(C)CC. The Morgan fingerprint density at radius 2 is 1.38 bits per heavy atom. The van der Waals surface area contributed by atoms with Gasteiger partial charge in [0.2, 0.25) is 0 Å². The average Bonchev–Trinajstić information content (AvgIpc) is 3.34. The Labute approximate surface area is 292 Å². The van der Waals surface area contributed by atoms with Gasteiger partial charge in [0.25, 0.3) is 0 Å². The summed E-state index contributed by atoms with van der Waals surface area (Å²) in [5, 5.41) is 30.2. The summed E-state index contributed by atoms with van der Waals surface area (Å²) in [7, 11) is 0. The highest BCUT2D eigenvalue weighted by Gasteiger charge is 2.39. The molecule has 0 bridgehead atoms. The van der Waals surface area contributed by atoms with Crippen molar-refractivity contribution in [2.45, 2.75) is 193 Å². The Morgan fingerprint density at radius 1 is 0.812 bits per heavy atom. The molecule has 0 aromatic carbocycles. The first kappa shape index (κ1) is 44.3. The van der Waals surface area contributed by atoms with Crippen LogP contribution in [0.25, 0.3) is 0 Å². The van der Waals surface area contributed by atoms with Crippen molar-refractivity contribution in [1.29, 1.82) is 0 Å². The minimum Gasteiger partial charge on any atom is -0.462 e. The van der Waals surface area contributed by atoms with E-state index in [1.807, 2.05) is 0 Å². The molecule has 0 aromatic heterocycles. The van der Waals surface area contributed by atoms with Crippen molar-refractivity contribution in [2.24, 2.45) is 17.8 Å². The van der Waals surface area contributed by atoms with Gasteiger partial charge in [-0.2, -0.15) is 0 Å². The highest BCUT2D eigenvalue weighted by atomic mass is 16.6. The van der Waals surface area contributed by atoms with E-state index in [0.29, 0.717) is 19.3 Å². The molecule has 1 rings (SSSR count). The molecule has 8 nitrogen and oxygen atoms in total. The first-order valence-electron chi connectivity index (χ1n) is 19.7. The maximum atomic E-state index is 12.4. The number of unbranched alkanes of at least 4 members (excludes halogenated alkanes) is 14. The Morgan fingerprint density at radius 3 is 1.98 bits per heavy atom. The van der Waals surface area contributed by atoms with Crippen LogP contribution in [0.15, 0.2) is 12.2 Å². The normalized spacial score (nSPS) is 19.9. The van der Waals surface area contributed by atoms with E-state index in [2.05, 4.69) is 20.8 Å². The van der Waals surface area contributed by atoms with E-state index >= 15 is 0 Å². The van der Waals surface area contributed by atoms with E-state index in [1.165, 1.54) is 57.8 Å². The molecule has 8 heteroatoms. The van der Waals surface area contributed by atoms with E-state index in [-0.39, 0.29) is 43.0 Å². The maximum absolute atomic E-state index is 12.4. The zero-order valence-corrected chi connectivity index (χ0v) is 30.9. The molecule has 3 N–H and O–H groups in total. The van der Waals surface area contributed by atoms with E-state index in [1.54, 1.807) is 12.2 Å². The highest BCUT2D eigenvalue weighted by Crippen LogP contribution is 2.34. The molecule has 48 heavy (non-hydrogen) atoms. The number of aliphatic hydroxyl groups is 3. The predicted molar refractivity (Wildman–Crippen MR) is 192 cm³/mol. The molecule has 1 aliphatic rings. The van der Waals surface area contributed by atoms with Gasteiger partial charge in [-0.05, 0) is 37.5 Å². The van der Waals surface area contributed by atoms with Gasteiger partial charge in [0, 0.05) is 25.2 Å². The van der Waals surface area contributed by atoms with Gasteiger partial charge in [-0.15, -0.1) is 0 Å². The van der Waals surface area contributed by atoms with Crippen LogP contribution in [0.4, 0.5) is 0 Å². The lowest BCUT2D eigenvalue weighted by molar-refractivity contribution is -0.161. The van der Waals surface area contributed by atoms with Crippen molar-refractivity contribution < 1.29 is 39.2 Å². The van der Waals surface area contributed by atoms with Crippen LogP contribution in [0.2, 0.25) is 0 Å². The topological polar surface area (TPSA) is 130 Å². The van der Waals surface area contributed by atoms with E-state index in [4.69, 9.17) is 9.47 Å². The van der Waals surface area contributed by atoms with E-state index in [9.17, 15) is 29.7 Å². The molecule has 1 fully saturated rings. The van der Waals surface area contributed by atoms with Crippen molar-refractivity contribution in [2.75, 3.05) is 13.2 Å². The molecule has 0 aliphatic heterocycles. The third-order valence-electron chi connectivity index (χ3n) is 10.0. The molecule has 0 aromatic rings. The van der Waals surface area contributed by atoms with Crippen LogP contribution < -0.4 is 0 Å². The van der Waals surface area contributed by atoms with Gasteiger partial charge in [0.15, 0.2) is 6.10 Å². The number of hydrogen-bond acceptors (Lipinski definition) is 8. The molecule has 1 aliphatic carbocycles. The van der Waals surface area contributed by atoms with Crippen LogP contribution in [-0.2, 0) is 23.9 Å². The molecule has 280 valence electrons. The monoisotopic (exact) mass is 681 g/mol. The lowest BCUT2D eigenvalue weighted by Crippen LogP contribution is -2.28. The summed E-state index contributed by atoms with van der Waals surface area (Å²) in [6, 6.07) is 0. The van der Waals surface area contributed by atoms with Gasteiger partial charge in [-0.3, -0.25) is 14.4 Å². The molecule has 6 atom stereocenters. The van der Waals surface area contributed by atoms with Gasteiger partial charge < -0.3 is 24.8 Å². The van der Waals surface area contributed by atoms with Crippen LogP contribution in [-0.4, -0.2) is 64.6 Å². The molecular weight excluding hydrogens is 608 g/mol. The van der Waals surface area contributed by atoms with Crippen molar-refractivity contribution >= 4 is 17.7 Å². The second-order valence-corrected chi connectivity index (χ2v) is 14.4. The fraction of sp³-hybridized carbons (Fsp3) is 0.875. The average molecular weight is 681 g/mol. The number of carbonyl (C=O) groups is 3. The molecule has 0 saturated heterocycles. The zero-order valence-electron chi connectivity index (χ0n) is 30.9. The van der Waals surface area contributed by atoms with Crippen molar-refractivity contribution in [3.05, 3.63) is 12.2 Å². The second kappa shape index (κ2) is 29.0. The van der Waals surface area contributed by atoms with Crippen molar-refractivity contribution in [3.8, 4) is 0 Å². The van der Waals surface area contributed by atoms with Crippen LogP contribution >= 0.6 is 0 Å². The third kappa shape index (κ3) is 22.0. The first-order valence-corrected chi connectivity index (χ1v) is 19.7. The lowest BCUT2D eigenvalue weighted by atomic mass is 9.88. The van der Waals surface area contributed by atoms with Gasteiger partial charge in [0.1, 0.15) is 12.4 Å². The van der Waals surface area contributed by atoms with Gasteiger partial charge >= 0.3 is 11.9 Å². The number of aliphatic hydroxyl groups excluding tert-OH is 3. The smallest absolute Gasteiger partial charge is 0.306 e. The quantitative estimate of drug-likeness (QED) is 0.0377. The van der Waals surface area contributed by atoms with E-state index in [0.717, 1.165) is 70.1 Å². The van der Waals surface area contributed by atoms with Crippen LogP contribution in [0.1, 0.15) is 175 Å². The number of allylic oxidation sites excluding steroid dienone is 1. The third-order valence-corrected chi connectivity index (χ3v) is 10.0. The number of Topliss-reactive ketones (excluding diaryl/α,β-unsaturated/α-hetero) is 1. The maximum Gasteiger partial charge on any atom is 0.306 e. The minimum absolute atomic E-state index is 0.0331. The summed E-state index contributed by atoms with van der Waals surface area (Å²) in [6.07, 6.45) is 24.5. The second-order valence-electron chi connectivity index (χ2n) is 14.4. The summed E-state index contributed by atoms with van der Waals surface area (Å²) in [6.45, 7) is 6.19. The summed E-state index contributed by atoms with van der Waals surface area (Å²) >= 11 is 0. The fourth-order valence-electron chi connectivity index (χ4n) is 6.55. The number of carbonyl (C=O) groups excluding carboxylic acids is 3. The Balaban J connectivity index is 2.10. The molecule has 0 radical (unpaired) electrons. The van der Waals surface area contributed by atoms with Crippen molar-refractivity contribution in [3.63, 3.8) is 0 Å². The first-order chi connectivity index (χ1) is 23.2. The van der Waals surface area contributed by atoms with Gasteiger partial charge in [0.05, 0.1) is 18.8 Å². The van der Waals surface area contributed by atoms with Gasteiger partial charge in [-0.1, -0.05) is 142 Å². The standard InChI is InChI=1S/C40H72O8/c1-4-6-17-23-33(42)27-28-36-35(37(43)29-38(36)44)24-19-15-16-21-26-40(46)48-34(30-41)31-47-39(45)25-20-14-12-10-8-7-9-11-13-18-22-32(3)5-2/h27-28,32-37,41-43H,4-26,29-31H2,1-3H3/b28-27+/t32?,33-,34-,35+,36+,37-/m0/s1. The number of rotatable bonds is 31. The minimum atomic E-state index is -0.854. The molecular formula is C40H72O8. The predicted octanol–water partition coefficient (Wildman–Crippen LogP) is 8.57. The van der Waals surface area contributed by atoms with Gasteiger partial charge in [-0.25, -0.2) is 0 Å². The number of ketones is 1. The number of ether oxygens (including phenoxy) is 2. The lowest BCUT2D eigenvalue weighted by Gasteiger charge is -2.19. The Bertz CT molecular complexity index is 858. The summed E-state index contributed by atoms with van der Waals surface area (Å²) in [5.41, 5.74) is 0. The summed E-state index contributed by atoms with van der Waals surface area (Å²) < 4.78 is 10.6. The van der Waals surface area contributed by atoms with E-state index < -0.39 is 30.9 Å². The number of esters is 2. The Hall–Kier alpha value is -1.77. The van der Waals surface area contributed by atoms with Crippen LogP contribution in [0.5, 0.6) is 0 Å². The molecule has 1 unspecified atom stereocenters. The van der Waals surface area contributed by atoms with Crippen LogP contribution in [0, 0.1) is 17.8 Å². The fourth-order valence-corrected chi connectivity index (χ4v) is 6.55.